The fraction of sp³-hybridized carbons (Fsp3) is 0.450. The Morgan fingerprint density at radius 2 is 1.96 bits per heavy atom. The van der Waals surface area contributed by atoms with Crippen molar-refractivity contribution in [3.63, 3.8) is 0 Å². The first kappa shape index (κ1) is 21.8. The van der Waals surface area contributed by atoms with Gasteiger partial charge in [-0.2, -0.15) is 0 Å². The third kappa shape index (κ3) is 8.06. The van der Waals surface area contributed by atoms with E-state index in [4.69, 9.17) is 9.47 Å². The third-order valence-corrected chi connectivity index (χ3v) is 4.30. The van der Waals surface area contributed by atoms with Gasteiger partial charge >= 0.3 is 6.09 Å². The molecule has 0 radical (unpaired) electrons. The molecule has 0 aliphatic heterocycles. The summed E-state index contributed by atoms with van der Waals surface area (Å²) in [6, 6.07) is 9.01. The van der Waals surface area contributed by atoms with E-state index in [1.54, 1.807) is 50.4 Å². The molecule has 2 aromatic rings. The van der Waals surface area contributed by atoms with E-state index in [0.717, 1.165) is 9.91 Å². The highest BCUT2D eigenvalue weighted by Crippen LogP contribution is 2.12. The molecule has 0 saturated carbocycles. The largest absolute Gasteiger partial charge is 0.484 e. The van der Waals surface area contributed by atoms with Crippen LogP contribution in [0.25, 0.3) is 0 Å². The normalized spacial score (nSPS) is 11.1. The van der Waals surface area contributed by atoms with Gasteiger partial charge in [-0.15, -0.1) is 11.3 Å². The van der Waals surface area contributed by atoms with Crippen molar-refractivity contribution in [2.75, 3.05) is 19.7 Å². The molecule has 7 nitrogen and oxygen atoms in total. The van der Waals surface area contributed by atoms with Gasteiger partial charge in [-0.25, -0.2) is 14.7 Å². The molecule has 1 heterocycles. The van der Waals surface area contributed by atoms with Crippen molar-refractivity contribution in [1.29, 1.82) is 0 Å². The van der Waals surface area contributed by atoms with Crippen LogP contribution in [0.5, 0.6) is 5.75 Å². The number of hydrogen-bond acceptors (Lipinski definition) is 7. The number of para-hydroxylation sites is 1. The lowest BCUT2D eigenvalue weighted by Crippen LogP contribution is -2.44. The van der Waals surface area contributed by atoms with E-state index in [1.807, 2.05) is 23.6 Å². The van der Waals surface area contributed by atoms with Crippen LogP contribution in [0, 0.1) is 0 Å². The van der Waals surface area contributed by atoms with Gasteiger partial charge in [0.25, 0.3) is 5.91 Å². The van der Waals surface area contributed by atoms with Gasteiger partial charge in [0, 0.05) is 24.7 Å². The van der Waals surface area contributed by atoms with E-state index in [2.05, 4.69) is 10.3 Å². The Morgan fingerprint density at radius 3 is 2.61 bits per heavy atom. The molecule has 1 aromatic heterocycles. The molecule has 0 bridgehead atoms. The average molecular weight is 406 g/mol. The van der Waals surface area contributed by atoms with Gasteiger partial charge in [0.2, 0.25) is 0 Å². The molecule has 8 heteroatoms. The van der Waals surface area contributed by atoms with Crippen molar-refractivity contribution in [2.24, 2.45) is 0 Å². The number of imide groups is 1. The summed E-state index contributed by atoms with van der Waals surface area (Å²) in [6.45, 7) is 6.63. The zero-order valence-electron chi connectivity index (χ0n) is 16.5. The average Bonchev–Trinajstić information content (AvgIpc) is 3.15. The second-order valence-electron chi connectivity index (χ2n) is 7.08. The van der Waals surface area contributed by atoms with Crippen LogP contribution >= 0.6 is 11.3 Å². The Balaban J connectivity index is 1.86. The highest BCUT2D eigenvalue weighted by Gasteiger charge is 2.27. The van der Waals surface area contributed by atoms with Crippen LogP contribution in [0.4, 0.5) is 4.79 Å². The third-order valence-electron chi connectivity index (χ3n) is 3.52. The molecule has 0 unspecified atom stereocenters. The number of hydrogen-bond donors (Lipinski definition) is 1. The minimum absolute atomic E-state index is 0.226. The van der Waals surface area contributed by atoms with Crippen LogP contribution in [0.3, 0.4) is 0 Å². The van der Waals surface area contributed by atoms with Crippen LogP contribution in [0.2, 0.25) is 0 Å². The number of carbonyl (C=O) groups is 2. The highest BCUT2D eigenvalue weighted by atomic mass is 32.1. The van der Waals surface area contributed by atoms with Gasteiger partial charge < -0.3 is 14.8 Å². The topological polar surface area (TPSA) is 80.8 Å². The number of benzene rings is 1. The Bertz CT molecular complexity index is 730. The summed E-state index contributed by atoms with van der Waals surface area (Å²) in [4.78, 5) is 30.3. The summed E-state index contributed by atoms with van der Waals surface area (Å²) in [5.74, 6) is 0.142. The predicted octanol–water partition coefficient (Wildman–Crippen LogP) is 3.47. The van der Waals surface area contributed by atoms with E-state index in [-0.39, 0.29) is 13.2 Å². The fourth-order valence-electron chi connectivity index (χ4n) is 2.27. The van der Waals surface area contributed by atoms with Crippen LogP contribution in [0.1, 0.15) is 32.2 Å². The smallest absolute Gasteiger partial charge is 0.417 e. The van der Waals surface area contributed by atoms with Gasteiger partial charge in [-0.3, -0.25) is 4.79 Å². The summed E-state index contributed by atoms with van der Waals surface area (Å²) < 4.78 is 10.9. The van der Waals surface area contributed by atoms with Gasteiger partial charge in [0.15, 0.2) is 6.61 Å². The number of aromatic nitrogens is 1. The number of carbonyl (C=O) groups excluding carboxylic acids is 2. The standard InChI is InChI=1S/C20H27N3O4S/c1-20(2,3)27-19(25)23(12-7-10-21-14-17-22-11-13-28-17)18(24)15-26-16-8-5-4-6-9-16/h4-6,8-9,11,13,21H,7,10,12,14-15H2,1-3H3. The first-order valence-corrected chi connectivity index (χ1v) is 10.0. The summed E-state index contributed by atoms with van der Waals surface area (Å²) >= 11 is 1.58. The van der Waals surface area contributed by atoms with Crippen LogP contribution < -0.4 is 10.1 Å². The number of thiazole rings is 1. The van der Waals surface area contributed by atoms with Gasteiger partial charge in [-0.1, -0.05) is 18.2 Å². The summed E-state index contributed by atoms with van der Waals surface area (Å²) in [5, 5.41) is 6.17. The van der Waals surface area contributed by atoms with E-state index in [0.29, 0.717) is 25.3 Å². The molecule has 1 aromatic carbocycles. The maximum absolute atomic E-state index is 12.6. The Kier molecular flexibility index (Phi) is 8.41. The van der Waals surface area contributed by atoms with Crippen molar-refractivity contribution in [2.45, 2.75) is 39.3 Å². The second-order valence-corrected chi connectivity index (χ2v) is 8.06. The number of nitrogens with zero attached hydrogens (tertiary/aromatic N) is 2. The van der Waals surface area contributed by atoms with Crippen LogP contribution in [-0.4, -0.2) is 47.2 Å². The molecule has 0 saturated heterocycles. The molecule has 152 valence electrons. The first-order valence-electron chi connectivity index (χ1n) is 9.15. The Labute approximate surface area is 169 Å². The maximum atomic E-state index is 12.6. The minimum atomic E-state index is -0.682. The van der Waals surface area contributed by atoms with Gasteiger partial charge in [0.1, 0.15) is 16.4 Å². The first-order chi connectivity index (χ1) is 13.3. The van der Waals surface area contributed by atoms with Crippen molar-refractivity contribution in [3.05, 3.63) is 46.9 Å². The lowest BCUT2D eigenvalue weighted by Gasteiger charge is -2.26. The summed E-state index contributed by atoms with van der Waals surface area (Å²) in [7, 11) is 0. The van der Waals surface area contributed by atoms with E-state index in [9.17, 15) is 9.59 Å². The molecular formula is C20H27N3O4S. The second kappa shape index (κ2) is 10.8. The van der Waals surface area contributed by atoms with Crippen LogP contribution in [-0.2, 0) is 16.1 Å². The Hall–Kier alpha value is -2.45. The quantitative estimate of drug-likeness (QED) is 0.644. The van der Waals surface area contributed by atoms with Gasteiger partial charge in [0.05, 0.1) is 0 Å². The lowest BCUT2D eigenvalue weighted by atomic mass is 10.2. The van der Waals surface area contributed by atoms with Crippen LogP contribution in [0.15, 0.2) is 41.9 Å². The minimum Gasteiger partial charge on any atom is -0.484 e. The zero-order valence-corrected chi connectivity index (χ0v) is 17.3. The molecule has 0 aliphatic rings. The van der Waals surface area contributed by atoms with E-state index >= 15 is 0 Å². The number of amides is 2. The lowest BCUT2D eigenvalue weighted by molar-refractivity contribution is -0.132. The summed E-state index contributed by atoms with van der Waals surface area (Å²) in [5.41, 5.74) is -0.682. The van der Waals surface area contributed by atoms with E-state index < -0.39 is 17.6 Å². The molecule has 0 fully saturated rings. The molecule has 2 rings (SSSR count). The molecule has 1 N–H and O–H groups in total. The van der Waals surface area contributed by atoms with E-state index in [1.165, 1.54) is 0 Å². The monoisotopic (exact) mass is 405 g/mol. The predicted molar refractivity (Wildman–Crippen MR) is 108 cm³/mol. The Morgan fingerprint density at radius 1 is 1.21 bits per heavy atom. The highest BCUT2D eigenvalue weighted by molar-refractivity contribution is 7.09. The summed E-state index contributed by atoms with van der Waals surface area (Å²) in [6.07, 6.45) is 1.70. The SMILES string of the molecule is CC(C)(C)OC(=O)N(CCCNCc1nccs1)C(=O)COc1ccccc1. The molecular weight excluding hydrogens is 378 g/mol. The number of rotatable bonds is 9. The number of nitrogens with one attached hydrogen (secondary N) is 1. The van der Waals surface area contributed by atoms with Crippen molar-refractivity contribution in [1.82, 2.24) is 15.2 Å². The molecule has 28 heavy (non-hydrogen) atoms. The van der Waals surface area contributed by atoms with Gasteiger partial charge in [-0.05, 0) is 45.9 Å². The van der Waals surface area contributed by atoms with Crippen molar-refractivity contribution >= 4 is 23.3 Å². The molecule has 0 atom stereocenters. The molecule has 0 aliphatic carbocycles. The fourth-order valence-corrected chi connectivity index (χ4v) is 2.86. The van der Waals surface area contributed by atoms with Crippen molar-refractivity contribution in [3.8, 4) is 5.75 Å². The maximum Gasteiger partial charge on any atom is 0.417 e. The number of ether oxygens (including phenoxy) is 2. The molecule has 2 amide bonds. The zero-order chi connectivity index (χ0) is 20.4. The molecule has 0 spiro atoms. The van der Waals surface area contributed by atoms with Crippen molar-refractivity contribution < 1.29 is 19.1 Å².